The van der Waals surface area contributed by atoms with Crippen LogP contribution in [0.25, 0.3) is 10.1 Å². The van der Waals surface area contributed by atoms with Gasteiger partial charge < -0.3 is 0 Å². The van der Waals surface area contributed by atoms with Crippen LogP contribution in [0.15, 0.2) is 17.8 Å². The number of hydrogen-bond donors (Lipinski definition) is 0. The number of rotatable bonds is 0. The van der Waals surface area contributed by atoms with Crippen LogP contribution in [-0.2, 0) is 0 Å². The number of hydrogen-bond acceptors (Lipinski definition) is 3. The molecule has 3 heteroatoms. The minimum atomic E-state index is 0.759. The van der Waals surface area contributed by atoms with Crippen LogP contribution in [0.3, 0.4) is 0 Å². The summed E-state index contributed by atoms with van der Waals surface area (Å²) in [6.45, 7) is 5.98. The Morgan fingerprint density at radius 1 is 1.36 bits per heavy atom. The van der Waals surface area contributed by atoms with Gasteiger partial charge in [-0.1, -0.05) is 13.8 Å². The van der Waals surface area contributed by atoms with E-state index in [0.29, 0.717) is 0 Å². The summed E-state index contributed by atoms with van der Waals surface area (Å²) in [7, 11) is 0. The SMILES string of the molecule is CC.Cc1cncc2scc(C#N)c12. The number of pyridine rings is 1. The summed E-state index contributed by atoms with van der Waals surface area (Å²) in [6.07, 6.45) is 3.59. The predicted molar refractivity (Wildman–Crippen MR) is 60.4 cm³/mol. The Bertz CT molecular complexity index is 466. The summed E-state index contributed by atoms with van der Waals surface area (Å²) in [4.78, 5) is 4.06. The van der Waals surface area contributed by atoms with Crippen LogP contribution in [0, 0.1) is 18.3 Å². The third kappa shape index (κ3) is 1.75. The van der Waals surface area contributed by atoms with Gasteiger partial charge in [0, 0.05) is 23.2 Å². The number of thiophene rings is 1. The Hall–Kier alpha value is -1.40. The summed E-state index contributed by atoms with van der Waals surface area (Å²) in [5.74, 6) is 0. The molecule has 0 amide bonds. The number of aryl methyl sites for hydroxylation is 1. The van der Waals surface area contributed by atoms with E-state index in [1.807, 2.05) is 26.2 Å². The molecule has 0 aliphatic rings. The van der Waals surface area contributed by atoms with Crippen molar-refractivity contribution in [1.29, 1.82) is 5.26 Å². The van der Waals surface area contributed by atoms with Gasteiger partial charge >= 0.3 is 0 Å². The lowest BCUT2D eigenvalue weighted by atomic mass is 10.1. The number of nitriles is 1. The molecule has 2 rings (SSSR count). The van der Waals surface area contributed by atoms with E-state index < -0.39 is 0 Å². The normalized spacial score (nSPS) is 9.00. The zero-order valence-electron chi connectivity index (χ0n) is 8.53. The predicted octanol–water partition coefficient (Wildman–Crippen LogP) is 3.50. The maximum atomic E-state index is 8.79. The number of nitrogens with zero attached hydrogens (tertiary/aromatic N) is 2. The van der Waals surface area contributed by atoms with Gasteiger partial charge in [-0.05, 0) is 12.5 Å². The van der Waals surface area contributed by atoms with E-state index in [-0.39, 0.29) is 0 Å². The molecule has 2 nitrogen and oxygen atoms in total. The smallest absolute Gasteiger partial charge is 0.101 e. The second-order valence-corrected chi connectivity index (χ2v) is 3.50. The van der Waals surface area contributed by atoms with Crippen molar-refractivity contribution in [2.75, 3.05) is 0 Å². The van der Waals surface area contributed by atoms with Gasteiger partial charge in [-0.2, -0.15) is 5.26 Å². The average Bonchev–Trinajstić information content (AvgIpc) is 2.65. The van der Waals surface area contributed by atoms with Crippen LogP contribution >= 0.6 is 11.3 Å². The van der Waals surface area contributed by atoms with Crippen LogP contribution in [0.4, 0.5) is 0 Å². The van der Waals surface area contributed by atoms with Crippen LogP contribution in [-0.4, -0.2) is 4.98 Å². The fourth-order valence-corrected chi connectivity index (χ4v) is 2.16. The lowest BCUT2D eigenvalue weighted by Gasteiger charge is -1.93. The Labute approximate surface area is 87.8 Å². The van der Waals surface area contributed by atoms with Gasteiger partial charge in [-0.25, -0.2) is 0 Å². The van der Waals surface area contributed by atoms with E-state index in [1.54, 1.807) is 23.7 Å². The summed E-state index contributed by atoms with van der Waals surface area (Å²) in [6, 6.07) is 2.17. The highest BCUT2D eigenvalue weighted by Gasteiger charge is 2.04. The van der Waals surface area contributed by atoms with E-state index in [1.165, 1.54) is 0 Å². The first-order valence-electron chi connectivity index (χ1n) is 4.55. The minimum Gasteiger partial charge on any atom is -0.263 e. The van der Waals surface area contributed by atoms with Gasteiger partial charge in [0.15, 0.2) is 0 Å². The third-order valence-corrected chi connectivity index (χ3v) is 2.71. The van der Waals surface area contributed by atoms with Crippen molar-refractivity contribution in [1.82, 2.24) is 4.98 Å². The van der Waals surface area contributed by atoms with Crippen LogP contribution in [0.1, 0.15) is 25.0 Å². The topological polar surface area (TPSA) is 36.7 Å². The number of fused-ring (bicyclic) bond motifs is 1. The van der Waals surface area contributed by atoms with Crippen molar-refractivity contribution in [3.05, 3.63) is 28.9 Å². The average molecular weight is 204 g/mol. The molecule has 2 heterocycles. The second-order valence-electron chi connectivity index (χ2n) is 2.59. The Morgan fingerprint density at radius 3 is 2.71 bits per heavy atom. The van der Waals surface area contributed by atoms with E-state index in [4.69, 9.17) is 5.26 Å². The fraction of sp³-hybridized carbons (Fsp3) is 0.273. The Morgan fingerprint density at radius 2 is 2.07 bits per heavy atom. The molecule has 2 aromatic rings. The lowest BCUT2D eigenvalue weighted by Crippen LogP contribution is -1.78. The molecule has 0 spiro atoms. The van der Waals surface area contributed by atoms with Crippen LogP contribution in [0.2, 0.25) is 0 Å². The molecule has 0 radical (unpaired) electrons. The van der Waals surface area contributed by atoms with Crippen molar-refractivity contribution in [3.63, 3.8) is 0 Å². The standard InChI is InChI=1S/C9H6N2S.C2H6/c1-6-3-11-4-8-9(6)7(2-10)5-12-8;1-2/h3-5H,1H3;1-2H3. The second kappa shape index (κ2) is 4.73. The molecule has 2 aromatic heterocycles. The molecule has 0 atom stereocenters. The van der Waals surface area contributed by atoms with Crippen LogP contribution in [0.5, 0.6) is 0 Å². The lowest BCUT2D eigenvalue weighted by molar-refractivity contribution is 1.31. The molecular weight excluding hydrogens is 192 g/mol. The highest BCUT2D eigenvalue weighted by molar-refractivity contribution is 7.17. The zero-order chi connectivity index (χ0) is 10.6. The molecule has 0 saturated heterocycles. The van der Waals surface area contributed by atoms with Gasteiger partial charge in [-0.3, -0.25) is 4.98 Å². The molecule has 0 aromatic carbocycles. The molecule has 0 aliphatic carbocycles. The van der Waals surface area contributed by atoms with Gasteiger partial charge in [-0.15, -0.1) is 11.3 Å². The van der Waals surface area contributed by atoms with Gasteiger partial charge in [0.25, 0.3) is 0 Å². The van der Waals surface area contributed by atoms with E-state index in [2.05, 4.69) is 11.1 Å². The molecule has 72 valence electrons. The Kier molecular flexibility index (Phi) is 3.61. The number of aromatic nitrogens is 1. The molecule has 0 bridgehead atoms. The Balaban J connectivity index is 0.000000461. The zero-order valence-corrected chi connectivity index (χ0v) is 9.35. The maximum absolute atomic E-state index is 8.79. The summed E-state index contributed by atoms with van der Waals surface area (Å²) < 4.78 is 1.09. The minimum absolute atomic E-state index is 0.759. The van der Waals surface area contributed by atoms with Crippen molar-refractivity contribution in [3.8, 4) is 6.07 Å². The molecule has 0 N–H and O–H groups in total. The van der Waals surface area contributed by atoms with Gasteiger partial charge in [0.1, 0.15) is 6.07 Å². The third-order valence-electron chi connectivity index (χ3n) is 1.79. The van der Waals surface area contributed by atoms with Crippen molar-refractivity contribution < 1.29 is 0 Å². The molecule has 0 saturated carbocycles. The highest BCUT2D eigenvalue weighted by Crippen LogP contribution is 2.26. The van der Waals surface area contributed by atoms with Crippen molar-refractivity contribution in [2.45, 2.75) is 20.8 Å². The van der Waals surface area contributed by atoms with Crippen molar-refractivity contribution in [2.24, 2.45) is 0 Å². The monoisotopic (exact) mass is 204 g/mol. The first-order chi connectivity index (χ1) is 6.83. The van der Waals surface area contributed by atoms with Gasteiger partial charge in [0.2, 0.25) is 0 Å². The maximum Gasteiger partial charge on any atom is 0.101 e. The van der Waals surface area contributed by atoms with Crippen LogP contribution < -0.4 is 0 Å². The van der Waals surface area contributed by atoms with Crippen molar-refractivity contribution >= 4 is 21.4 Å². The molecular formula is C11H12N2S. The summed E-state index contributed by atoms with van der Waals surface area (Å²) >= 11 is 1.57. The molecule has 0 fully saturated rings. The van der Waals surface area contributed by atoms with E-state index in [0.717, 1.165) is 21.2 Å². The van der Waals surface area contributed by atoms with E-state index in [9.17, 15) is 0 Å². The first-order valence-corrected chi connectivity index (χ1v) is 5.43. The first kappa shape index (κ1) is 10.7. The van der Waals surface area contributed by atoms with E-state index >= 15 is 0 Å². The largest absolute Gasteiger partial charge is 0.263 e. The summed E-state index contributed by atoms with van der Waals surface area (Å²) in [5.41, 5.74) is 1.83. The van der Waals surface area contributed by atoms with Gasteiger partial charge in [0.05, 0.1) is 10.3 Å². The fourth-order valence-electron chi connectivity index (χ4n) is 1.24. The molecule has 0 unspecified atom stereocenters. The molecule has 0 aliphatic heterocycles. The molecule has 14 heavy (non-hydrogen) atoms. The highest BCUT2D eigenvalue weighted by atomic mass is 32.1. The summed E-state index contributed by atoms with van der Waals surface area (Å²) in [5, 5.41) is 11.7. The quantitative estimate of drug-likeness (QED) is 0.658.